The van der Waals surface area contributed by atoms with Crippen LogP contribution in [0.25, 0.3) is 28.1 Å². The molecule has 10 nitrogen and oxygen atoms in total. The predicted octanol–water partition coefficient (Wildman–Crippen LogP) is 3.28. The Morgan fingerprint density at radius 3 is 2.68 bits per heavy atom. The summed E-state index contributed by atoms with van der Waals surface area (Å²) in [4.78, 5) is 19.5. The topological polar surface area (TPSA) is 128 Å². The number of carboxylic acids is 1. The second-order valence-corrected chi connectivity index (χ2v) is 7.37. The van der Waals surface area contributed by atoms with Crippen molar-refractivity contribution in [3.05, 3.63) is 78.0 Å². The standard InChI is InChI=1S/C23H17FN6O4/c1-34-19-8-13(16-4-2-3-5-17(16)24)6-7-14(19)11-29-20-18(10-26-29)27-23(28-21(20)31)30-12-15(9-25-30)22(32)33/h2-10,12H,11H2,1H3,(H,32,33)(H,27,28,31). The molecular formula is C23H17FN6O4. The molecule has 0 aliphatic carbocycles. The molecule has 0 fully saturated rings. The molecule has 0 atom stereocenters. The van der Waals surface area contributed by atoms with Crippen LogP contribution in [0.15, 0.2) is 61.1 Å². The van der Waals surface area contributed by atoms with E-state index in [0.29, 0.717) is 22.4 Å². The minimum Gasteiger partial charge on any atom is -0.496 e. The first-order chi connectivity index (χ1) is 16.4. The number of aromatic nitrogens is 6. The fourth-order valence-corrected chi connectivity index (χ4v) is 3.63. The van der Waals surface area contributed by atoms with Crippen molar-refractivity contribution in [1.82, 2.24) is 29.5 Å². The van der Waals surface area contributed by atoms with Crippen molar-refractivity contribution in [2.75, 3.05) is 7.11 Å². The number of hydrogen-bond acceptors (Lipinski definition) is 7. The predicted molar refractivity (Wildman–Crippen MR) is 119 cm³/mol. The molecule has 0 unspecified atom stereocenters. The number of aromatic hydroxyl groups is 1. The van der Waals surface area contributed by atoms with Crippen LogP contribution >= 0.6 is 0 Å². The highest BCUT2D eigenvalue weighted by molar-refractivity contribution is 5.87. The molecule has 0 spiro atoms. The van der Waals surface area contributed by atoms with Gasteiger partial charge >= 0.3 is 5.97 Å². The van der Waals surface area contributed by atoms with Gasteiger partial charge in [-0.25, -0.2) is 18.9 Å². The maximum atomic E-state index is 14.2. The second-order valence-electron chi connectivity index (χ2n) is 7.37. The first-order valence-corrected chi connectivity index (χ1v) is 10.1. The van der Waals surface area contributed by atoms with E-state index in [1.165, 1.54) is 30.3 Å². The number of methoxy groups -OCH3 is 1. The van der Waals surface area contributed by atoms with E-state index in [2.05, 4.69) is 20.2 Å². The van der Waals surface area contributed by atoms with E-state index in [0.717, 1.165) is 16.4 Å². The van der Waals surface area contributed by atoms with Gasteiger partial charge in [-0.05, 0) is 17.7 Å². The summed E-state index contributed by atoms with van der Waals surface area (Å²) in [5.41, 5.74) is 2.46. The first-order valence-electron chi connectivity index (χ1n) is 10.1. The Morgan fingerprint density at radius 1 is 1.12 bits per heavy atom. The van der Waals surface area contributed by atoms with Crippen LogP contribution < -0.4 is 4.74 Å². The number of rotatable bonds is 6. The van der Waals surface area contributed by atoms with Gasteiger partial charge in [0, 0.05) is 17.3 Å². The Bertz CT molecular complexity index is 1540. The van der Waals surface area contributed by atoms with Crippen molar-refractivity contribution < 1.29 is 24.1 Å². The van der Waals surface area contributed by atoms with E-state index in [9.17, 15) is 14.3 Å². The highest BCUT2D eigenvalue weighted by Crippen LogP contribution is 2.31. The Labute approximate surface area is 191 Å². The van der Waals surface area contributed by atoms with Crippen LogP contribution in [0.2, 0.25) is 0 Å². The van der Waals surface area contributed by atoms with Crippen molar-refractivity contribution in [3.63, 3.8) is 0 Å². The van der Waals surface area contributed by atoms with E-state index < -0.39 is 5.97 Å². The lowest BCUT2D eigenvalue weighted by Gasteiger charge is -2.12. The molecule has 0 aliphatic heterocycles. The molecule has 0 aliphatic rings. The van der Waals surface area contributed by atoms with Gasteiger partial charge in [-0.2, -0.15) is 15.2 Å². The number of ether oxygens (including phenoxy) is 1. The van der Waals surface area contributed by atoms with Crippen molar-refractivity contribution >= 4 is 17.0 Å². The Balaban J connectivity index is 1.49. The molecule has 2 N–H and O–H groups in total. The average Bonchev–Trinajstić information content (AvgIpc) is 3.48. The summed E-state index contributed by atoms with van der Waals surface area (Å²) in [5, 5.41) is 27.9. The zero-order valence-corrected chi connectivity index (χ0v) is 17.8. The van der Waals surface area contributed by atoms with Gasteiger partial charge in [0.25, 0.3) is 5.95 Å². The molecule has 0 radical (unpaired) electrons. The van der Waals surface area contributed by atoms with Crippen molar-refractivity contribution in [2.45, 2.75) is 6.54 Å². The number of aromatic carboxylic acids is 1. The number of fused-ring (bicyclic) bond motifs is 1. The van der Waals surface area contributed by atoms with Gasteiger partial charge in [-0.3, -0.25) is 4.68 Å². The van der Waals surface area contributed by atoms with Gasteiger partial charge in [0.05, 0.1) is 31.6 Å². The molecule has 2 aromatic carbocycles. The van der Waals surface area contributed by atoms with E-state index in [1.807, 2.05) is 0 Å². The molecule has 11 heteroatoms. The molecule has 0 amide bonds. The molecular weight excluding hydrogens is 443 g/mol. The maximum Gasteiger partial charge on any atom is 0.338 e. The van der Waals surface area contributed by atoms with Crippen LogP contribution in [0.1, 0.15) is 15.9 Å². The lowest BCUT2D eigenvalue weighted by atomic mass is 10.0. The van der Waals surface area contributed by atoms with Crippen LogP contribution in [0.5, 0.6) is 11.6 Å². The average molecular weight is 460 g/mol. The summed E-state index contributed by atoms with van der Waals surface area (Å²) >= 11 is 0. The van der Waals surface area contributed by atoms with E-state index >= 15 is 0 Å². The quantitative estimate of drug-likeness (QED) is 0.395. The summed E-state index contributed by atoms with van der Waals surface area (Å²) < 4.78 is 22.4. The molecule has 3 aromatic heterocycles. The molecule has 5 rings (SSSR count). The zero-order chi connectivity index (χ0) is 23.8. The monoisotopic (exact) mass is 460 g/mol. The first kappa shape index (κ1) is 21.1. The molecule has 0 saturated heterocycles. The van der Waals surface area contributed by atoms with Gasteiger partial charge < -0.3 is 14.9 Å². The van der Waals surface area contributed by atoms with Gasteiger partial charge in [0.1, 0.15) is 22.6 Å². The van der Waals surface area contributed by atoms with E-state index in [4.69, 9.17) is 9.84 Å². The summed E-state index contributed by atoms with van der Waals surface area (Å²) in [5.74, 6) is -1.28. The van der Waals surface area contributed by atoms with Gasteiger partial charge in [-0.15, -0.1) is 0 Å². The summed E-state index contributed by atoms with van der Waals surface area (Å²) in [7, 11) is 1.52. The highest BCUT2D eigenvalue weighted by atomic mass is 19.1. The Kier molecular flexibility index (Phi) is 5.13. The lowest BCUT2D eigenvalue weighted by molar-refractivity contribution is 0.0697. The van der Waals surface area contributed by atoms with Crippen LogP contribution in [0.3, 0.4) is 0 Å². The lowest BCUT2D eigenvalue weighted by Crippen LogP contribution is -2.06. The number of halogens is 1. The normalized spacial score (nSPS) is 11.1. The SMILES string of the molecule is COc1cc(-c2ccccc2F)ccc1Cn1ncc2nc(-n3cc(C(=O)O)cn3)nc(O)c21. The third-order valence-electron chi connectivity index (χ3n) is 5.28. The van der Waals surface area contributed by atoms with Crippen LogP contribution in [0.4, 0.5) is 4.39 Å². The summed E-state index contributed by atoms with van der Waals surface area (Å²) in [6.07, 6.45) is 3.87. The number of hydrogen-bond donors (Lipinski definition) is 2. The molecule has 3 heterocycles. The fourth-order valence-electron chi connectivity index (χ4n) is 3.63. The highest BCUT2D eigenvalue weighted by Gasteiger charge is 2.17. The van der Waals surface area contributed by atoms with Crippen molar-refractivity contribution in [1.29, 1.82) is 0 Å². The van der Waals surface area contributed by atoms with Crippen LogP contribution in [-0.2, 0) is 6.54 Å². The zero-order valence-electron chi connectivity index (χ0n) is 17.8. The molecule has 170 valence electrons. The number of nitrogens with zero attached hydrogens (tertiary/aromatic N) is 6. The smallest absolute Gasteiger partial charge is 0.338 e. The largest absolute Gasteiger partial charge is 0.496 e. The van der Waals surface area contributed by atoms with Crippen molar-refractivity contribution in [3.8, 4) is 28.7 Å². The van der Waals surface area contributed by atoms with Crippen molar-refractivity contribution in [2.24, 2.45) is 0 Å². The summed E-state index contributed by atoms with van der Waals surface area (Å²) in [6, 6.07) is 11.8. The van der Waals surface area contributed by atoms with E-state index in [1.54, 1.807) is 36.4 Å². The van der Waals surface area contributed by atoms with Gasteiger partial charge in [0.15, 0.2) is 0 Å². The fraction of sp³-hybridized carbons (Fsp3) is 0.0870. The Hall–Kier alpha value is -4.80. The summed E-state index contributed by atoms with van der Waals surface area (Å²) in [6.45, 7) is 0.228. The van der Waals surface area contributed by atoms with Crippen LogP contribution in [0, 0.1) is 5.82 Å². The number of benzene rings is 2. The maximum absolute atomic E-state index is 14.2. The minimum absolute atomic E-state index is 0.00358. The van der Waals surface area contributed by atoms with Crippen LogP contribution in [-0.4, -0.2) is 52.8 Å². The van der Waals surface area contributed by atoms with Gasteiger partial charge in [0.2, 0.25) is 5.88 Å². The third kappa shape index (κ3) is 3.68. The molecule has 0 bridgehead atoms. The minimum atomic E-state index is -1.14. The molecule has 5 aromatic rings. The Morgan fingerprint density at radius 2 is 1.94 bits per heavy atom. The number of carbonyl (C=O) groups is 1. The van der Waals surface area contributed by atoms with E-state index in [-0.39, 0.29) is 35.3 Å². The second kappa shape index (κ2) is 8.28. The molecule has 0 saturated carbocycles. The number of carboxylic acid groups (broad SMARTS) is 1. The third-order valence-corrected chi connectivity index (χ3v) is 5.28. The molecule has 34 heavy (non-hydrogen) atoms. The van der Waals surface area contributed by atoms with Gasteiger partial charge in [-0.1, -0.05) is 30.3 Å².